The topological polar surface area (TPSA) is 75.4 Å². The fraction of sp³-hybridized carbons (Fsp3) is 0.500. The summed E-state index contributed by atoms with van der Waals surface area (Å²) in [6, 6.07) is 9.59. The Bertz CT molecular complexity index is 733. The SMILES string of the molecule is CCC(C)C(C)(O)CNC(=O)c1nc(-c2ccccc2)oc1C1CC1. The quantitative estimate of drug-likeness (QED) is 0.803. The molecule has 1 aromatic carbocycles. The molecular formula is C20H26N2O3. The van der Waals surface area contributed by atoms with Crippen LogP contribution in [0.1, 0.15) is 62.2 Å². The van der Waals surface area contributed by atoms with Crippen LogP contribution in [0.25, 0.3) is 11.5 Å². The second-order valence-corrected chi connectivity index (χ2v) is 7.22. The van der Waals surface area contributed by atoms with Crippen LogP contribution in [0.2, 0.25) is 0 Å². The maximum atomic E-state index is 12.7. The monoisotopic (exact) mass is 342 g/mol. The molecule has 134 valence electrons. The first-order valence-electron chi connectivity index (χ1n) is 8.99. The van der Waals surface area contributed by atoms with Gasteiger partial charge in [0.05, 0.1) is 5.60 Å². The second-order valence-electron chi connectivity index (χ2n) is 7.22. The Balaban J connectivity index is 1.79. The Labute approximate surface area is 148 Å². The van der Waals surface area contributed by atoms with Gasteiger partial charge in [0.2, 0.25) is 5.89 Å². The zero-order chi connectivity index (χ0) is 18.0. The molecule has 1 amide bonds. The van der Waals surface area contributed by atoms with Crippen molar-refractivity contribution in [2.45, 2.75) is 51.6 Å². The number of nitrogens with one attached hydrogen (secondary N) is 1. The van der Waals surface area contributed by atoms with Crippen LogP contribution in [-0.2, 0) is 0 Å². The van der Waals surface area contributed by atoms with Gasteiger partial charge in [-0.1, -0.05) is 38.5 Å². The molecule has 1 fully saturated rings. The van der Waals surface area contributed by atoms with Crippen LogP contribution >= 0.6 is 0 Å². The summed E-state index contributed by atoms with van der Waals surface area (Å²) in [6.45, 7) is 5.95. The fourth-order valence-electron chi connectivity index (χ4n) is 2.78. The van der Waals surface area contributed by atoms with E-state index in [2.05, 4.69) is 10.3 Å². The predicted molar refractivity (Wildman–Crippen MR) is 96.3 cm³/mol. The number of nitrogens with zero attached hydrogens (tertiary/aromatic N) is 1. The molecule has 0 radical (unpaired) electrons. The molecule has 2 N–H and O–H groups in total. The van der Waals surface area contributed by atoms with Gasteiger partial charge in [0.1, 0.15) is 5.76 Å². The van der Waals surface area contributed by atoms with E-state index in [0.717, 1.165) is 24.8 Å². The van der Waals surface area contributed by atoms with Crippen molar-refractivity contribution in [1.82, 2.24) is 10.3 Å². The van der Waals surface area contributed by atoms with Crippen molar-refractivity contribution in [3.8, 4) is 11.5 Å². The number of hydrogen-bond donors (Lipinski definition) is 2. The normalized spacial score (nSPS) is 17.8. The van der Waals surface area contributed by atoms with Crippen molar-refractivity contribution in [3.63, 3.8) is 0 Å². The van der Waals surface area contributed by atoms with E-state index in [4.69, 9.17) is 4.42 Å². The molecule has 25 heavy (non-hydrogen) atoms. The first-order valence-corrected chi connectivity index (χ1v) is 8.99. The first-order chi connectivity index (χ1) is 11.9. The lowest BCUT2D eigenvalue weighted by Crippen LogP contribution is -2.45. The zero-order valence-electron chi connectivity index (χ0n) is 15.1. The summed E-state index contributed by atoms with van der Waals surface area (Å²) in [7, 11) is 0. The van der Waals surface area contributed by atoms with Crippen LogP contribution in [0.3, 0.4) is 0 Å². The Hall–Kier alpha value is -2.14. The van der Waals surface area contributed by atoms with Crippen LogP contribution in [0.4, 0.5) is 0 Å². The van der Waals surface area contributed by atoms with Gasteiger partial charge in [-0.3, -0.25) is 4.79 Å². The van der Waals surface area contributed by atoms with Crippen LogP contribution in [0.5, 0.6) is 0 Å². The first kappa shape index (κ1) is 17.7. The number of oxazole rings is 1. The number of hydrogen-bond acceptors (Lipinski definition) is 4. The number of aliphatic hydroxyl groups is 1. The summed E-state index contributed by atoms with van der Waals surface area (Å²) in [4.78, 5) is 17.1. The Kier molecular flexibility index (Phi) is 4.95. The number of benzene rings is 1. The third-order valence-corrected chi connectivity index (χ3v) is 5.12. The lowest BCUT2D eigenvalue weighted by molar-refractivity contribution is 0.00586. The molecule has 1 saturated carbocycles. The van der Waals surface area contributed by atoms with E-state index < -0.39 is 5.60 Å². The van der Waals surface area contributed by atoms with Crippen molar-refractivity contribution in [3.05, 3.63) is 41.8 Å². The van der Waals surface area contributed by atoms with Crippen molar-refractivity contribution >= 4 is 5.91 Å². The summed E-state index contributed by atoms with van der Waals surface area (Å²) < 4.78 is 5.91. The van der Waals surface area contributed by atoms with E-state index in [0.29, 0.717) is 17.3 Å². The van der Waals surface area contributed by atoms with Gasteiger partial charge in [0.15, 0.2) is 5.69 Å². The second kappa shape index (κ2) is 7.00. The van der Waals surface area contributed by atoms with Crippen LogP contribution in [-0.4, -0.2) is 28.1 Å². The lowest BCUT2D eigenvalue weighted by Gasteiger charge is -2.29. The summed E-state index contributed by atoms with van der Waals surface area (Å²) in [5.74, 6) is 1.23. The highest BCUT2D eigenvalue weighted by atomic mass is 16.4. The predicted octanol–water partition coefficient (Wildman–Crippen LogP) is 3.75. The van der Waals surface area contributed by atoms with E-state index >= 15 is 0 Å². The fourth-order valence-corrected chi connectivity index (χ4v) is 2.78. The molecule has 1 heterocycles. The molecule has 5 heteroatoms. The minimum absolute atomic E-state index is 0.0906. The van der Waals surface area contributed by atoms with E-state index in [-0.39, 0.29) is 24.3 Å². The van der Waals surface area contributed by atoms with E-state index in [1.165, 1.54) is 0 Å². The Morgan fingerprint density at radius 1 is 1.40 bits per heavy atom. The molecule has 2 aromatic rings. The van der Waals surface area contributed by atoms with Gasteiger partial charge in [0.25, 0.3) is 5.91 Å². The van der Waals surface area contributed by atoms with Gasteiger partial charge >= 0.3 is 0 Å². The van der Waals surface area contributed by atoms with Crippen molar-refractivity contribution < 1.29 is 14.3 Å². The van der Waals surface area contributed by atoms with Crippen LogP contribution in [0.15, 0.2) is 34.7 Å². The number of amides is 1. The number of aromatic nitrogens is 1. The molecule has 0 aliphatic heterocycles. The summed E-state index contributed by atoms with van der Waals surface area (Å²) in [5, 5.41) is 13.3. The van der Waals surface area contributed by atoms with Crippen LogP contribution < -0.4 is 5.32 Å². The summed E-state index contributed by atoms with van der Waals surface area (Å²) in [5.41, 5.74) is 0.257. The molecule has 2 unspecified atom stereocenters. The van der Waals surface area contributed by atoms with Gasteiger partial charge < -0.3 is 14.8 Å². The smallest absolute Gasteiger partial charge is 0.273 e. The van der Waals surface area contributed by atoms with E-state index in [9.17, 15) is 9.90 Å². The zero-order valence-corrected chi connectivity index (χ0v) is 15.1. The van der Waals surface area contributed by atoms with Crippen molar-refractivity contribution in [1.29, 1.82) is 0 Å². The number of carbonyl (C=O) groups excluding carboxylic acids is 1. The standard InChI is InChI=1S/C20H26N2O3/c1-4-13(2)20(3,24)12-21-18(23)16-17(14-10-11-14)25-19(22-16)15-8-6-5-7-9-15/h5-9,13-14,24H,4,10-12H2,1-3H3,(H,21,23). The third kappa shape index (κ3) is 3.93. The molecule has 1 aliphatic carbocycles. The van der Waals surface area contributed by atoms with Gasteiger partial charge in [0, 0.05) is 18.0 Å². The summed E-state index contributed by atoms with van der Waals surface area (Å²) >= 11 is 0. The lowest BCUT2D eigenvalue weighted by atomic mass is 9.88. The average Bonchev–Trinajstić information content (AvgIpc) is 3.38. The molecule has 0 bridgehead atoms. The molecule has 0 spiro atoms. The Morgan fingerprint density at radius 3 is 2.68 bits per heavy atom. The minimum atomic E-state index is -0.948. The van der Waals surface area contributed by atoms with Gasteiger partial charge in [-0.2, -0.15) is 0 Å². The molecule has 2 atom stereocenters. The van der Waals surface area contributed by atoms with E-state index in [1.807, 2.05) is 44.2 Å². The van der Waals surface area contributed by atoms with E-state index in [1.54, 1.807) is 6.92 Å². The molecule has 1 aliphatic rings. The van der Waals surface area contributed by atoms with Gasteiger partial charge in [-0.05, 0) is 37.8 Å². The van der Waals surface area contributed by atoms with Gasteiger partial charge in [-0.15, -0.1) is 0 Å². The van der Waals surface area contributed by atoms with Crippen molar-refractivity contribution in [2.75, 3.05) is 6.54 Å². The average molecular weight is 342 g/mol. The maximum absolute atomic E-state index is 12.7. The molecule has 1 aromatic heterocycles. The molecule has 5 nitrogen and oxygen atoms in total. The molecule has 3 rings (SSSR count). The maximum Gasteiger partial charge on any atom is 0.273 e. The largest absolute Gasteiger partial charge is 0.440 e. The highest BCUT2D eigenvalue weighted by Gasteiger charge is 2.35. The van der Waals surface area contributed by atoms with Crippen LogP contribution in [0, 0.1) is 5.92 Å². The third-order valence-electron chi connectivity index (χ3n) is 5.12. The highest BCUT2D eigenvalue weighted by molar-refractivity contribution is 5.94. The molecular weight excluding hydrogens is 316 g/mol. The number of rotatable bonds is 7. The highest BCUT2D eigenvalue weighted by Crippen LogP contribution is 2.43. The summed E-state index contributed by atoms with van der Waals surface area (Å²) in [6.07, 6.45) is 2.89. The minimum Gasteiger partial charge on any atom is -0.440 e. The Morgan fingerprint density at radius 2 is 2.08 bits per heavy atom. The molecule has 0 saturated heterocycles. The van der Waals surface area contributed by atoms with Crippen molar-refractivity contribution in [2.24, 2.45) is 5.92 Å². The van der Waals surface area contributed by atoms with Gasteiger partial charge in [-0.25, -0.2) is 4.98 Å². The number of carbonyl (C=O) groups is 1.